The van der Waals surface area contributed by atoms with Gasteiger partial charge in [0.25, 0.3) is 10.9 Å². The maximum atomic E-state index is 10.6. The minimum absolute atomic E-state index is 0.0511. The van der Waals surface area contributed by atoms with Gasteiger partial charge in [-0.15, -0.1) is 10.2 Å². The van der Waals surface area contributed by atoms with Gasteiger partial charge in [-0.05, 0) is 30.9 Å². The summed E-state index contributed by atoms with van der Waals surface area (Å²) in [4.78, 5) is 10.2. The summed E-state index contributed by atoms with van der Waals surface area (Å²) in [6.07, 6.45) is 6.57. The molecule has 1 aromatic carbocycles. The first-order valence-electron chi connectivity index (χ1n) is 7.43. The van der Waals surface area contributed by atoms with E-state index in [4.69, 9.17) is 4.42 Å². The van der Waals surface area contributed by atoms with E-state index in [1.54, 1.807) is 23.9 Å². The predicted octanol–water partition coefficient (Wildman–Crippen LogP) is 4.32. The molecule has 1 fully saturated rings. The fourth-order valence-corrected chi connectivity index (χ4v) is 3.60. The van der Waals surface area contributed by atoms with Crippen molar-refractivity contribution in [2.24, 2.45) is 5.92 Å². The molecule has 1 aromatic heterocycles. The van der Waals surface area contributed by atoms with Crippen LogP contribution < -0.4 is 0 Å². The summed E-state index contributed by atoms with van der Waals surface area (Å²) >= 11 is 1.60. The van der Waals surface area contributed by atoms with Crippen molar-refractivity contribution in [1.29, 1.82) is 0 Å². The highest BCUT2D eigenvalue weighted by Gasteiger charge is 2.16. The smallest absolute Gasteiger partial charge is 0.276 e. The highest BCUT2D eigenvalue weighted by atomic mass is 32.2. The molecular formula is C15H17N3O3S. The number of benzene rings is 1. The summed E-state index contributed by atoms with van der Waals surface area (Å²) in [7, 11) is 0. The number of non-ortho nitro benzene ring substituents is 1. The molecule has 0 N–H and O–H groups in total. The van der Waals surface area contributed by atoms with E-state index in [1.165, 1.54) is 44.2 Å². The van der Waals surface area contributed by atoms with Crippen molar-refractivity contribution in [2.45, 2.75) is 37.3 Å². The number of hydrogen-bond donors (Lipinski definition) is 0. The molecule has 0 atom stereocenters. The van der Waals surface area contributed by atoms with Crippen LogP contribution in [0.15, 0.2) is 33.9 Å². The quantitative estimate of drug-likeness (QED) is 0.464. The summed E-state index contributed by atoms with van der Waals surface area (Å²) in [5.41, 5.74) is 0.748. The Labute approximate surface area is 132 Å². The van der Waals surface area contributed by atoms with Gasteiger partial charge in [-0.3, -0.25) is 10.1 Å². The van der Waals surface area contributed by atoms with E-state index < -0.39 is 4.92 Å². The van der Waals surface area contributed by atoms with Gasteiger partial charge in [-0.2, -0.15) is 0 Å². The largest absolute Gasteiger partial charge is 0.411 e. The topological polar surface area (TPSA) is 82.1 Å². The van der Waals surface area contributed by atoms with Crippen LogP contribution in [-0.4, -0.2) is 20.9 Å². The molecule has 0 amide bonds. The Morgan fingerprint density at radius 1 is 1.18 bits per heavy atom. The summed E-state index contributed by atoms with van der Waals surface area (Å²) < 4.78 is 5.63. The molecule has 1 saturated carbocycles. The standard InChI is InChI=1S/C15H17N3O3S/c19-18(20)13-8-6-12(7-9-13)14-16-17-15(21-14)22-10-11-4-2-1-3-5-11/h6-9,11H,1-5,10H2. The Morgan fingerprint density at radius 2 is 1.91 bits per heavy atom. The van der Waals surface area contributed by atoms with Crippen molar-refractivity contribution in [3.05, 3.63) is 34.4 Å². The SMILES string of the molecule is O=[N+]([O-])c1ccc(-c2nnc(SCC3CCCCC3)o2)cc1. The molecule has 1 heterocycles. The van der Waals surface area contributed by atoms with E-state index in [-0.39, 0.29) is 5.69 Å². The van der Waals surface area contributed by atoms with E-state index in [9.17, 15) is 10.1 Å². The number of nitrogens with zero attached hydrogens (tertiary/aromatic N) is 3. The third-order valence-electron chi connectivity index (χ3n) is 3.90. The van der Waals surface area contributed by atoms with Gasteiger partial charge in [0.15, 0.2) is 0 Å². The average molecular weight is 319 g/mol. The Balaban J connectivity index is 1.61. The van der Waals surface area contributed by atoms with E-state index in [1.807, 2.05) is 0 Å². The van der Waals surface area contributed by atoms with Gasteiger partial charge in [0.2, 0.25) is 5.89 Å². The molecule has 0 unspecified atom stereocenters. The zero-order valence-electron chi connectivity index (χ0n) is 12.1. The van der Waals surface area contributed by atoms with Crippen molar-refractivity contribution in [3.8, 4) is 11.5 Å². The molecule has 2 aromatic rings. The molecule has 3 rings (SSSR count). The van der Waals surface area contributed by atoms with E-state index in [2.05, 4.69) is 10.2 Å². The number of hydrogen-bond acceptors (Lipinski definition) is 6. The lowest BCUT2D eigenvalue weighted by molar-refractivity contribution is -0.384. The highest BCUT2D eigenvalue weighted by Crippen LogP contribution is 2.30. The number of nitro benzene ring substituents is 1. The van der Waals surface area contributed by atoms with E-state index in [0.717, 1.165) is 11.7 Å². The lowest BCUT2D eigenvalue weighted by Gasteiger charge is -2.19. The Kier molecular flexibility index (Phi) is 4.72. The van der Waals surface area contributed by atoms with Gasteiger partial charge in [-0.1, -0.05) is 31.0 Å². The van der Waals surface area contributed by atoms with Crippen LogP contribution in [0.1, 0.15) is 32.1 Å². The molecule has 116 valence electrons. The molecule has 0 saturated heterocycles. The normalized spacial score (nSPS) is 15.8. The van der Waals surface area contributed by atoms with Gasteiger partial charge in [-0.25, -0.2) is 0 Å². The first kappa shape index (κ1) is 15.0. The number of nitro groups is 1. The molecule has 0 bridgehead atoms. The first-order chi connectivity index (χ1) is 10.7. The Bertz CT molecular complexity index is 636. The molecule has 7 heteroatoms. The first-order valence-corrected chi connectivity index (χ1v) is 8.42. The van der Waals surface area contributed by atoms with Crippen LogP contribution >= 0.6 is 11.8 Å². The maximum Gasteiger partial charge on any atom is 0.276 e. The van der Waals surface area contributed by atoms with Gasteiger partial charge >= 0.3 is 0 Å². The summed E-state index contributed by atoms with van der Waals surface area (Å²) in [5.74, 6) is 2.16. The minimum atomic E-state index is -0.428. The fourth-order valence-electron chi connectivity index (χ4n) is 2.65. The van der Waals surface area contributed by atoms with Crippen molar-refractivity contribution >= 4 is 17.4 Å². The van der Waals surface area contributed by atoms with Gasteiger partial charge < -0.3 is 4.42 Å². The van der Waals surface area contributed by atoms with Crippen LogP contribution in [0.4, 0.5) is 5.69 Å². The molecule has 0 spiro atoms. The number of rotatable bonds is 5. The molecular weight excluding hydrogens is 302 g/mol. The number of thioether (sulfide) groups is 1. The van der Waals surface area contributed by atoms with Crippen molar-refractivity contribution in [1.82, 2.24) is 10.2 Å². The van der Waals surface area contributed by atoms with Crippen LogP contribution in [0.2, 0.25) is 0 Å². The summed E-state index contributed by atoms with van der Waals surface area (Å²) in [6, 6.07) is 6.13. The monoisotopic (exact) mass is 319 g/mol. The maximum absolute atomic E-state index is 10.6. The minimum Gasteiger partial charge on any atom is -0.411 e. The van der Waals surface area contributed by atoms with Crippen LogP contribution in [0.25, 0.3) is 11.5 Å². The van der Waals surface area contributed by atoms with Crippen molar-refractivity contribution < 1.29 is 9.34 Å². The third kappa shape index (κ3) is 3.65. The highest BCUT2D eigenvalue weighted by molar-refractivity contribution is 7.99. The lowest BCUT2D eigenvalue weighted by atomic mass is 9.91. The zero-order valence-corrected chi connectivity index (χ0v) is 12.9. The molecule has 1 aliphatic rings. The van der Waals surface area contributed by atoms with Crippen LogP contribution in [0.3, 0.4) is 0 Å². The third-order valence-corrected chi connectivity index (χ3v) is 4.95. The van der Waals surface area contributed by atoms with Gasteiger partial charge in [0.1, 0.15) is 0 Å². The second-order valence-electron chi connectivity index (χ2n) is 5.49. The molecule has 6 nitrogen and oxygen atoms in total. The van der Waals surface area contributed by atoms with Gasteiger partial charge in [0, 0.05) is 23.4 Å². The second kappa shape index (κ2) is 6.91. The summed E-state index contributed by atoms with van der Waals surface area (Å²) in [5, 5.41) is 19.3. The van der Waals surface area contributed by atoms with Gasteiger partial charge in [0.05, 0.1) is 4.92 Å². The van der Waals surface area contributed by atoms with E-state index in [0.29, 0.717) is 16.7 Å². The number of aromatic nitrogens is 2. The Hall–Kier alpha value is -1.89. The second-order valence-corrected chi connectivity index (χ2v) is 6.46. The van der Waals surface area contributed by atoms with Crippen LogP contribution in [-0.2, 0) is 0 Å². The zero-order chi connectivity index (χ0) is 15.4. The van der Waals surface area contributed by atoms with Crippen molar-refractivity contribution in [3.63, 3.8) is 0 Å². The van der Waals surface area contributed by atoms with Crippen molar-refractivity contribution in [2.75, 3.05) is 5.75 Å². The summed E-state index contributed by atoms with van der Waals surface area (Å²) in [6.45, 7) is 0. The lowest BCUT2D eigenvalue weighted by Crippen LogP contribution is -2.08. The van der Waals surface area contributed by atoms with Crippen LogP contribution in [0.5, 0.6) is 0 Å². The van der Waals surface area contributed by atoms with Crippen LogP contribution in [0, 0.1) is 16.0 Å². The predicted molar refractivity (Wildman–Crippen MR) is 83.7 cm³/mol. The fraction of sp³-hybridized carbons (Fsp3) is 0.467. The average Bonchev–Trinajstić information content (AvgIpc) is 3.03. The van der Waals surface area contributed by atoms with E-state index >= 15 is 0 Å². The Morgan fingerprint density at radius 3 is 2.59 bits per heavy atom. The molecule has 22 heavy (non-hydrogen) atoms. The molecule has 0 radical (unpaired) electrons. The molecule has 1 aliphatic carbocycles. The molecule has 0 aliphatic heterocycles.